The maximum Gasteiger partial charge on any atom is 0.322 e. The SMILES string of the molecule is Cc1nnc(NC(=O)c2cccc(Cl)c2[N+](=O)[O-])o1. The van der Waals surface area contributed by atoms with Gasteiger partial charge >= 0.3 is 11.7 Å². The lowest BCUT2D eigenvalue weighted by molar-refractivity contribution is -0.385. The van der Waals surface area contributed by atoms with E-state index in [2.05, 4.69) is 15.5 Å². The van der Waals surface area contributed by atoms with Crippen LogP contribution in [0.15, 0.2) is 22.6 Å². The summed E-state index contributed by atoms with van der Waals surface area (Å²) in [4.78, 5) is 22.1. The van der Waals surface area contributed by atoms with Gasteiger partial charge in [-0.25, -0.2) is 0 Å². The van der Waals surface area contributed by atoms with Crippen LogP contribution in [0.5, 0.6) is 0 Å². The first-order chi connectivity index (χ1) is 8.99. The zero-order valence-electron chi connectivity index (χ0n) is 9.58. The molecule has 1 aromatic heterocycles. The van der Waals surface area contributed by atoms with Gasteiger partial charge in [-0.1, -0.05) is 22.8 Å². The van der Waals surface area contributed by atoms with Crippen LogP contribution in [-0.2, 0) is 0 Å². The number of nitrogens with one attached hydrogen (secondary N) is 1. The highest BCUT2D eigenvalue weighted by atomic mass is 35.5. The number of aromatic nitrogens is 2. The van der Waals surface area contributed by atoms with Crippen molar-refractivity contribution in [3.05, 3.63) is 44.8 Å². The Bertz CT molecular complexity index is 655. The summed E-state index contributed by atoms with van der Waals surface area (Å²) < 4.78 is 4.95. The van der Waals surface area contributed by atoms with Gasteiger partial charge < -0.3 is 4.42 Å². The number of nitrogens with zero attached hydrogens (tertiary/aromatic N) is 3. The van der Waals surface area contributed by atoms with Crippen molar-refractivity contribution in [3.63, 3.8) is 0 Å². The number of halogens is 1. The van der Waals surface area contributed by atoms with Gasteiger partial charge in [0.15, 0.2) is 0 Å². The van der Waals surface area contributed by atoms with Crippen LogP contribution < -0.4 is 5.32 Å². The Morgan fingerprint density at radius 2 is 2.21 bits per heavy atom. The summed E-state index contributed by atoms with van der Waals surface area (Å²) in [5, 5.41) is 20.1. The van der Waals surface area contributed by atoms with Gasteiger partial charge in [0, 0.05) is 6.92 Å². The van der Waals surface area contributed by atoms with Crippen molar-refractivity contribution in [2.24, 2.45) is 0 Å². The van der Waals surface area contributed by atoms with Crippen molar-refractivity contribution in [1.82, 2.24) is 10.2 Å². The second-order valence-electron chi connectivity index (χ2n) is 3.47. The highest BCUT2D eigenvalue weighted by molar-refractivity contribution is 6.33. The molecular weight excluding hydrogens is 276 g/mol. The van der Waals surface area contributed by atoms with Gasteiger partial charge in [-0.05, 0) is 12.1 Å². The minimum Gasteiger partial charge on any atom is -0.408 e. The highest BCUT2D eigenvalue weighted by Gasteiger charge is 2.24. The molecule has 1 amide bonds. The molecule has 0 fully saturated rings. The van der Waals surface area contributed by atoms with Crippen molar-refractivity contribution >= 4 is 29.2 Å². The molecule has 0 aliphatic carbocycles. The quantitative estimate of drug-likeness (QED) is 0.682. The number of amides is 1. The van der Waals surface area contributed by atoms with E-state index in [4.69, 9.17) is 16.0 Å². The summed E-state index contributed by atoms with van der Waals surface area (Å²) in [5.41, 5.74) is -0.661. The van der Waals surface area contributed by atoms with Gasteiger partial charge in [0.2, 0.25) is 5.89 Å². The average molecular weight is 283 g/mol. The number of hydrogen-bond donors (Lipinski definition) is 1. The van der Waals surface area contributed by atoms with Crippen molar-refractivity contribution in [2.75, 3.05) is 5.32 Å². The lowest BCUT2D eigenvalue weighted by Gasteiger charge is -2.03. The van der Waals surface area contributed by atoms with E-state index in [9.17, 15) is 14.9 Å². The molecule has 0 aliphatic rings. The Morgan fingerprint density at radius 3 is 2.79 bits per heavy atom. The minimum atomic E-state index is -0.752. The molecule has 2 rings (SSSR count). The number of rotatable bonds is 3. The molecular formula is C10H7ClN4O4. The van der Waals surface area contributed by atoms with Crippen molar-refractivity contribution < 1.29 is 14.1 Å². The first kappa shape index (κ1) is 13.0. The predicted molar refractivity (Wildman–Crippen MR) is 65.1 cm³/mol. The van der Waals surface area contributed by atoms with Gasteiger partial charge in [-0.3, -0.25) is 20.2 Å². The molecule has 0 saturated heterocycles. The third-order valence-corrected chi connectivity index (χ3v) is 2.47. The lowest BCUT2D eigenvalue weighted by Crippen LogP contribution is -2.14. The van der Waals surface area contributed by atoms with Crippen LogP contribution in [0.1, 0.15) is 16.2 Å². The number of aryl methyl sites for hydroxylation is 1. The first-order valence-electron chi connectivity index (χ1n) is 5.03. The van der Waals surface area contributed by atoms with E-state index in [0.717, 1.165) is 0 Å². The highest BCUT2D eigenvalue weighted by Crippen LogP contribution is 2.28. The Labute approximate surface area is 111 Å². The van der Waals surface area contributed by atoms with E-state index >= 15 is 0 Å². The Kier molecular flexibility index (Phi) is 3.43. The molecule has 1 N–H and O–H groups in total. The van der Waals surface area contributed by atoms with E-state index in [0.29, 0.717) is 0 Å². The molecule has 0 unspecified atom stereocenters. The molecule has 98 valence electrons. The zero-order valence-corrected chi connectivity index (χ0v) is 10.3. The van der Waals surface area contributed by atoms with Gasteiger partial charge in [-0.15, -0.1) is 5.10 Å². The summed E-state index contributed by atoms with van der Waals surface area (Å²) in [6.45, 7) is 1.55. The molecule has 0 saturated carbocycles. The molecule has 0 radical (unpaired) electrons. The number of benzene rings is 1. The summed E-state index contributed by atoms with van der Waals surface area (Å²) in [6, 6.07) is 3.90. The largest absolute Gasteiger partial charge is 0.408 e. The number of nitro groups is 1. The summed E-state index contributed by atoms with van der Waals surface area (Å²) in [6.07, 6.45) is 0. The zero-order chi connectivity index (χ0) is 14.0. The minimum absolute atomic E-state index is 0.126. The Hall–Kier alpha value is -2.48. The molecule has 8 nitrogen and oxygen atoms in total. The molecule has 0 atom stereocenters. The molecule has 0 aliphatic heterocycles. The van der Waals surface area contributed by atoms with Crippen LogP contribution in [0.4, 0.5) is 11.7 Å². The van der Waals surface area contributed by atoms with E-state index < -0.39 is 16.5 Å². The van der Waals surface area contributed by atoms with Crippen LogP contribution in [0.25, 0.3) is 0 Å². The molecule has 19 heavy (non-hydrogen) atoms. The van der Waals surface area contributed by atoms with Gasteiger partial charge in [0.05, 0.1) is 4.92 Å². The number of carbonyl (C=O) groups excluding carboxylic acids is 1. The van der Waals surface area contributed by atoms with Crippen LogP contribution in [0.3, 0.4) is 0 Å². The molecule has 0 bridgehead atoms. The summed E-state index contributed by atoms with van der Waals surface area (Å²) >= 11 is 5.70. The predicted octanol–water partition coefficient (Wildman–Crippen LogP) is 2.19. The smallest absolute Gasteiger partial charge is 0.322 e. The fourth-order valence-corrected chi connectivity index (χ4v) is 1.64. The number of carbonyl (C=O) groups is 1. The van der Waals surface area contributed by atoms with Gasteiger partial charge in [-0.2, -0.15) is 0 Å². The number of para-hydroxylation sites is 1. The van der Waals surface area contributed by atoms with E-state index in [1.54, 1.807) is 6.92 Å². The fourth-order valence-electron chi connectivity index (χ4n) is 1.40. The second kappa shape index (κ2) is 5.02. The fraction of sp³-hybridized carbons (Fsp3) is 0.100. The van der Waals surface area contributed by atoms with Crippen LogP contribution in [0.2, 0.25) is 5.02 Å². The first-order valence-corrected chi connectivity index (χ1v) is 5.41. The van der Waals surface area contributed by atoms with Crippen LogP contribution >= 0.6 is 11.6 Å². The topological polar surface area (TPSA) is 111 Å². The monoisotopic (exact) mass is 282 g/mol. The normalized spacial score (nSPS) is 10.2. The molecule has 2 aromatic rings. The standard InChI is InChI=1S/C10H7ClN4O4/c1-5-13-14-10(19-5)12-9(16)6-3-2-4-7(11)8(6)15(17)18/h2-4H,1H3,(H,12,14,16). The maximum absolute atomic E-state index is 11.9. The second-order valence-corrected chi connectivity index (χ2v) is 3.88. The van der Waals surface area contributed by atoms with Gasteiger partial charge in [0.25, 0.3) is 5.91 Å². The Morgan fingerprint density at radius 1 is 1.47 bits per heavy atom. The van der Waals surface area contributed by atoms with Gasteiger partial charge in [0.1, 0.15) is 10.6 Å². The van der Waals surface area contributed by atoms with Crippen molar-refractivity contribution in [3.8, 4) is 0 Å². The van der Waals surface area contributed by atoms with Crippen LogP contribution in [0, 0.1) is 17.0 Å². The lowest BCUT2D eigenvalue weighted by atomic mass is 10.1. The average Bonchev–Trinajstić information content (AvgIpc) is 2.73. The molecule has 9 heteroatoms. The third-order valence-electron chi connectivity index (χ3n) is 2.16. The number of anilines is 1. The molecule has 0 spiro atoms. The molecule has 1 heterocycles. The van der Waals surface area contributed by atoms with E-state index in [-0.39, 0.29) is 22.5 Å². The molecule has 1 aromatic carbocycles. The van der Waals surface area contributed by atoms with Crippen LogP contribution in [-0.4, -0.2) is 21.0 Å². The van der Waals surface area contributed by atoms with Crippen molar-refractivity contribution in [1.29, 1.82) is 0 Å². The maximum atomic E-state index is 11.9. The van der Waals surface area contributed by atoms with E-state index in [1.165, 1.54) is 18.2 Å². The van der Waals surface area contributed by atoms with Crippen molar-refractivity contribution in [2.45, 2.75) is 6.92 Å². The number of hydrogen-bond acceptors (Lipinski definition) is 6. The summed E-state index contributed by atoms with van der Waals surface area (Å²) in [7, 11) is 0. The summed E-state index contributed by atoms with van der Waals surface area (Å²) in [5.74, 6) is -0.492. The third kappa shape index (κ3) is 2.68. The van der Waals surface area contributed by atoms with E-state index in [1.807, 2.05) is 0 Å². The Balaban J connectivity index is 2.34. The number of nitro benzene ring substituents is 1.